The van der Waals surface area contributed by atoms with E-state index in [4.69, 9.17) is 22.1 Å². The molecule has 0 saturated heterocycles. The molecule has 0 bridgehead atoms. The van der Waals surface area contributed by atoms with Gasteiger partial charge in [-0.2, -0.15) is 0 Å². The van der Waals surface area contributed by atoms with E-state index in [2.05, 4.69) is 0 Å². The van der Waals surface area contributed by atoms with Gasteiger partial charge in [-0.3, -0.25) is 0 Å². The lowest BCUT2D eigenvalue weighted by molar-refractivity contribution is 0.00837. The van der Waals surface area contributed by atoms with Gasteiger partial charge in [0.15, 0.2) is 0 Å². The van der Waals surface area contributed by atoms with Crippen molar-refractivity contribution in [3.63, 3.8) is 0 Å². The molecule has 0 amide bonds. The second-order valence-corrected chi connectivity index (χ2v) is 3.68. The van der Waals surface area contributed by atoms with Crippen LogP contribution in [0.1, 0.15) is 12.5 Å². The largest absolute Gasteiger partial charge is 0.508 e. The number of nitrogens with two attached hydrogens (primary N) is 1. The lowest BCUT2D eigenvalue weighted by Gasteiger charge is -2.28. The molecule has 1 aromatic carbocycles. The Morgan fingerprint density at radius 3 is 2.64 bits per heavy atom. The summed E-state index contributed by atoms with van der Waals surface area (Å²) in [6, 6.07) is 4.94. The van der Waals surface area contributed by atoms with Crippen LogP contribution in [0.5, 0.6) is 5.75 Å². The summed E-state index contributed by atoms with van der Waals surface area (Å²) in [6.07, 6.45) is 0. The van der Waals surface area contributed by atoms with Gasteiger partial charge in [-0.15, -0.1) is 0 Å². The fourth-order valence-corrected chi connectivity index (χ4v) is 1.69. The molecule has 0 saturated carbocycles. The quantitative estimate of drug-likeness (QED) is 0.810. The van der Waals surface area contributed by atoms with Crippen LogP contribution in [0.2, 0.25) is 5.02 Å². The smallest absolute Gasteiger partial charge is 0.123 e. The Balaban J connectivity index is 3.29. The van der Waals surface area contributed by atoms with Crippen molar-refractivity contribution in [3.05, 3.63) is 28.8 Å². The van der Waals surface area contributed by atoms with E-state index < -0.39 is 5.60 Å². The van der Waals surface area contributed by atoms with Crippen molar-refractivity contribution < 1.29 is 9.84 Å². The molecular weight excluding hydrogens is 202 g/mol. The summed E-state index contributed by atoms with van der Waals surface area (Å²) in [5.74, 6) is 0.104. The highest BCUT2D eigenvalue weighted by atomic mass is 35.5. The zero-order valence-corrected chi connectivity index (χ0v) is 9.01. The standard InChI is InChI=1S/C10H14ClNO2/c1-10(6-12,14-2)9-7(11)4-3-5-8(9)13/h3-5,13H,6,12H2,1-2H3. The number of benzene rings is 1. The first kappa shape index (κ1) is 11.3. The number of phenolic OH excluding ortho intramolecular Hbond substituents is 1. The summed E-state index contributed by atoms with van der Waals surface area (Å²) in [5, 5.41) is 10.1. The second-order valence-electron chi connectivity index (χ2n) is 3.27. The third kappa shape index (κ3) is 1.85. The van der Waals surface area contributed by atoms with E-state index in [0.717, 1.165) is 0 Å². The Morgan fingerprint density at radius 2 is 2.21 bits per heavy atom. The third-order valence-corrected chi connectivity index (χ3v) is 2.68. The van der Waals surface area contributed by atoms with E-state index in [-0.39, 0.29) is 12.3 Å². The third-order valence-electron chi connectivity index (χ3n) is 2.36. The fourth-order valence-electron chi connectivity index (χ4n) is 1.32. The topological polar surface area (TPSA) is 55.5 Å². The highest BCUT2D eigenvalue weighted by Gasteiger charge is 2.29. The van der Waals surface area contributed by atoms with Crippen LogP contribution in [-0.2, 0) is 10.3 Å². The first-order valence-corrected chi connectivity index (χ1v) is 4.66. The average molecular weight is 216 g/mol. The van der Waals surface area contributed by atoms with Crippen LogP contribution in [0.3, 0.4) is 0 Å². The van der Waals surface area contributed by atoms with E-state index in [1.165, 1.54) is 7.11 Å². The molecule has 3 nitrogen and oxygen atoms in total. The number of phenols is 1. The highest BCUT2D eigenvalue weighted by Crippen LogP contribution is 2.36. The molecule has 0 radical (unpaired) electrons. The van der Waals surface area contributed by atoms with Crippen LogP contribution in [-0.4, -0.2) is 18.8 Å². The Labute approximate surface area is 88.4 Å². The summed E-state index contributed by atoms with van der Waals surface area (Å²) in [4.78, 5) is 0. The first-order chi connectivity index (χ1) is 6.55. The number of aromatic hydroxyl groups is 1. The van der Waals surface area contributed by atoms with Crippen LogP contribution in [0.4, 0.5) is 0 Å². The predicted octanol–water partition coefficient (Wildman–Crippen LogP) is 1.87. The van der Waals surface area contributed by atoms with Gasteiger partial charge in [0, 0.05) is 19.2 Å². The highest BCUT2D eigenvalue weighted by molar-refractivity contribution is 6.31. The maximum atomic E-state index is 9.67. The molecule has 4 heteroatoms. The number of hydrogen-bond acceptors (Lipinski definition) is 3. The number of methoxy groups -OCH3 is 1. The molecule has 0 aromatic heterocycles. The molecule has 1 atom stereocenters. The van der Waals surface area contributed by atoms with Crippen molar-refractivity contribution in [3.8, 4) is 5.75 Å². The van der Waals surface area contributed by atoms with E-state index in [1.54, 1.807) is 25.1 Å². The molecule has 0 aliphatic heterocycles. The maximum absolute atomic E-state index is 9.67. The second kappa shape index (κ2) is 4.17. The molecule has 0 aliphatic rings. The Kier molecular flexibility index (Phi) is 3.37. The molecule has 3 N–H and O–H groups in total. The zero-order valence-electron chi connectivity index (χ0n) is 8.25. The minimum Gasteiger partial charge on any atom is -0.508 e. The van der Waals surface area contributed by atoms with Crippen molar-refractivity contribution >= 4 is 11.6 Å². The fraction of sp³-hybridized carbons (Fsp3) is 0.400. The van der Waals surface area contributed by atoms with Crippen molar-refractivity contribution in [2.75, 3.05) is 13.7 Å². The molecule has 0 fully saturated rings. The molecule has 78 valence electrons. The van der Waals surface area contributed by atoms with E-state index in [0.29, 0.717) is 10.6 Å². The minimum atomic E-state index is -0.748. The summed E-state index contributed by atoms with van der Waals surface area (Å²) in [6.45, 7) is 2.04. The molecular formula is C10H14ClNO2. The van der Waals surface area contributed by atoms with Gasteiger partial charge < -0.3 is 15.6 Å². The lowest BCUT2D eigenvalue weighted by Crippen LogP contribution is -2.34. The van der Waals surface area contributed by atoms with Gasteiger partial charge in [-0.05, 0) is 19.1 Å². The van der Waals surface area contributed by atoms with Crippen LogP contribution in [0.15, 0.2) is 18.2 Å². The summed E-state index contributed by atoms with van der Waals surface area (Å²) >= 11 is 5.98. The van der Waals surface area contributed by atoms with Crippen molar-refractivity contribution in [1.82, 2.24) is 0 Å². The number of halogens is 1. The van der Waals surface area contributed by atoms with Gasteiger partial charge in [0.1, 0.15) is 11.4 Å². The Morgan fingerprint density at radius 1 is 1.57 bits per heavy atom. The van der Waals surface area contributed by atoms with Gasteiger partial charge in [0.2, 0.25) is 0 Å². The molecule has 1 unspecified atom stereocenters. The predicted molar refractivity (Wildman–Crippen MR) is 56.5 cm³/mol. The Bertz CT molecular complexity index is 304. The first-order valence-electron chi connectivity index (χ1n) is 4.28. The summed E-state index contributed by atoms with van der Waals surface area (Å²) in [5.41, 5.74) is 5.38. The zero-order chi connectivity index (χ0) is 10.8. The molecule has 0 aliphatic carbocycles. The van der Waals surface area contributed by atoms with Gasteiger partial charge in [0.25, 0.3) is 0 Å². The van der Waals surface area contributed by atoms with Crippen LogP contribution in [0.25, 0.3) is 0 Å². The molecule has 0 spiro atoms. The molecule has 14 heavy (non-hydrogen) atoms. The number of hydrogen-bond donors (Lipinski definition) is 2. The van der Waals surface area contributed by atoms with E-state index >= 15 is 0 Å². The summed E-state index contributed by atoms with van der Waals surface area (Å²) in [7, 11) is 1.54. The minimum absolute atomic E-state index is 0.104. The molecule has 1 rings (SSSR count). The lowest BCUT2D eigenvalue weighted by atomic mass is 9.95. The normalized spacial score (nSPS) is 15.1. The van der Waals surface area contributed by atoms with Gasteiger partial charge in [-0.1, -0.05) is 17.7 Å². The van der Waals surface area contributed by atoms with Crippen molar-refractivity contribution in [2.45, 2.75) is 12.5 Å². The average Bonchev–Trinajstić information content (AvgIpc) is 2.17. The van der Waals surface area contributed by atoms with Gasteiger partial charge >= 0.3 is 0 Å². The van der Waals surface area contributed by atoms with Crippen LogP contribution in [0, 0.1) is 0 Å². The van der Waals surface area contributed by atoms with Crippen LogP contribution >= 0.6 is 11.6 Å². The van der Waals surface area contributed by atoms with Crippen molar-refractivity contribution in [1.29, 1.82) is 0 Å². The van der Waals surface area contributed by atoms with E-state index in [1.807, 2.05) is 0 Å². The summed E-state index contributed by atoms with van der Waals surface area (Å²) < 4.78 is 5.27. The number of ether oxygens (including phenoxy) is 1. The van der Waals surface area contributed by atoms with Gasteiger partial charge in [0.05, 0.1) is 5.02 Å². The monoisotopic (exact) mass is 215 g/mol. The molecule has 1 aromatic rings. The SMILES string of the molecule is COC(C)(CN)c1c(O)cccc1Cl. The Hall–Kier alpha value is -0.770. The maximum Gasteiger partial charge on any atom is 0.123 e. The number of rotatable bonds is 3. The van der Waals surface area contributed by atoms with E-state index in [9.17, 15) is 5.11 Å². The molecule has 0 heterocycles. The van der Waals surface area contributed by atoms with Crippen molar-refractivity contribution in [2.24, 2.45) is 5.73 Å². The van der Waals surface area contributed by atoms with Crippen LogP contribution < -0.4 is 5.73 Å². The van der Waals surface area contributed by atoms with Gasteiger partial charge in [-0.25, -0.2) is 0 Å².